The van der Waals surface area contributed by atoms with E-state index in [1.807, 2.05) is 31.2 Å². The number of ether oxygens (including phenoxy) is 1. The smallest absolute Gasteiger partial charge is 0.266 e. The summed E-state index contributed by atoms with van der Waals surface area (Å²) in [6.07, 6.45) is 0. The minimum absolute atomic E-state index is 0.0559. The highest BCUT2D eigenvalue weighted by molar-refractivity contribution is 6.35. The van der Waals surface area contributed by atoms with Crippen molar-refractivity contribution < 1.29 is 14.3 Å². The average Bonchev–Trinajstić information content (AvgIpc) is 3.08. The first-order valence-corrected chi connectivity index (χ1v) is 10.1. The number of rotatable bonds is 4. The Hall–Kier alpha value is -4.50. The quantitative estimate of drug-likeness (QED) is 0.444. The van der Waals surface area contributed by atoms with Crippen LogP contribution in [0.2, 0.25) is 0 Å². The molecule has 1 aromatic heterocycles. The molecule has 1 aliphatic rings. The molecular formula is C26H17N3O3. The lowest BCUT2D eigenvalue weighted by Gasteiger charge is -2.22. The van der Waals surface area contributed by atoms with Crippen molar-refractivity contribution in [1.82, 2.24) is 4.98 Å². The molecule has 0 unspecified atom stereocenters. The van der Waals surface area contributed by atoms with Crippen LogP contribution in [0.1, 0.15) is 37.5 Å². The normalized spacial score (nSPS) is 12.7. The number of amides is 2. The van der Waals surface area contributed by atoms with Gasteiger partial charge in [0.25, 0.3) is 11.8 Å². The van der Waals surface area contributed by atoms with Gasteiger partial charge in [0.15, 0.2) is 0 Å². The van der Waals surface area contributed by atoms with Crippen LogP contribution in [0, 0.1) is 18.3 Å². The van der Waals surface area contributed by atoms with Gasteiger partial charge in [-0.25, -0.2) is 9.88 Å². The monoisotopic (exact) mass is 419 g/mol. The summed E-state index contributed by atoms with van der Waals surface area (Å²) in [4.78, 5) is 32.3. The Morgan fingerprint density at radius 1 is 0.906 bits per heavy atom. The highest BCUT2D eigenvalue weighted by Gasteiger charge is 2.39. The van der Waals surface area contributed by atoms with Crippen molar-refractivity contribution in [1.29, 1.82) is 5.26 Å². The van der Waals surface area contributed by atoms with E-state index >= 15 is 0 Å². The number of aryl methyl sites for hydroxylation is 1. The van der Waals surface area contributed by atoms with Gasteiger partial charge < -0.3 is 4.74 Å². The predicted molar refractivity (Wildman–Crippen MR) is 120 cm³/mol. The molecule has 0 N–H and O–H groups in total. The molecule has 0 bridgehead atoms. The van der Waals surface area contributed by atoms with Crippen molar-refractivity contribution in [3.63, 3.8) is 0 Å². The van der Waals surface area contributed by atoms with Gasteiger partial charge in [-0.15, -0.1) is 0 Å². The van der Waals surface area contributed by atoms with Crippen LogP contribution in [0.15, 0.2) is 72.8 Å². The summed E-state index contributed by atoms with van der Waals surface area (Å²) in [5, 5.41) is 9.84. The summed E-state index contributed by atoms with van der Waals surface area (Å²) in [6.45, 7) is 1.94. The van der Waals surface area contributed by atoms with Crippen LogP contribution in [0.5, 0.6) is 5.75 Å². The van der Waals surface area contributed by atoms with Gasteiger partial charge in [-0.2, -0.15) is 5.26 Å². The van der Waals surface area contributed by atoms with E-state index < -0.39 is 0 Å². The summed E-state index contributed by atoms with van der Waals surface area (Å²) >= 11 is 0. The fourth-order valence-corrected chi connectivity index (χ4v) is 4.00. The summed E-state index contributed by atoms with van der Waals surface area (Å²) in [5.74, 6) is -0.180. The number of aromatic nitrogens is 1. The lowest BCUT2D eigenvalue weighted by Crippen LogP contribution is -2.31. The molecule has 0 aliphatic carbocycles. The van der Waals surface area contributed by atoms with Crippen molar-refractivity contribution in [2.24, 2.45) is 0 Å². The van der Waals surface area contributed by atoms with Crippen LogP contribution in [0.4, 0.5) is 5.69 Å². The average molecular weight is 419 g/mol. The topological polar surface area (TPSA) is 83.3 Å². The Balaban J connectivity index is 1.61. The zero-order chi connectivity index (χ0) is 22.2. The lowest BCUT2D eigenvalue weighted by atomic mass is 10.1. The van der Waals surface area contributed by atoms with E-state index in [4.69, 9.17) is 15.0 Å². The van der Waals surface area contributed by atoms with E-state index in [1.54, 1.807) is 48.5 Å². The molecule has 0 saturated carbocycles. The maximum absolute atomic E-state index is 13.2. The number of carbonyl (C=O) groups is 2. The predicted octanol–water partition coefficient (Wildman–Crippen LogP) is 4.79. The number of benzene rings is 3. The molecule has 3 aromatic carbocycles. The maximum Gasteiger partial charge on any atom is 0.266 e. The zero-order valence-corrected chi connectivity index (χ0v) is 17.2. The third-order valence-corrected chi connectivity index (χ3v) is 5.57. The molecule has 32 heavy (non-hydrogen) atoms. The number of anilines is 1. The largest absolute Gasteiger partial charge is 0.487 e. The standard InChI is InChI=1S/C26H17N3O3/c1-16-19-6-4-5-9-22(19)28-23(15-32-18-12-10-17(14-27)11-13-18)24(16)29-25(30)20-7-2-3-8-21(20)26(29)31/h2-13H,15H2,1H3. The summed E-state index contributed by atoms with van der Waals surface area (Å²) in [5.41, 5.74) is 3.76. The van der Waals surface area contributed by atoms with Crippen molar-refractivity contribution in [3.05, 3.63) is 101 Å². The molecule has 0 fully saturated rings. The second-order valence-electron chi connectivity index (χ2n) is 7.47. The highest BCUT2D eigenvalue weighted by Crippen LogP contribution is 2.36. The molecule has 1 aliphatic heterocycles. The third-order valence-electron chi connectivity index (χ3n) is 5.57. The molecule has 154 valence electrons. The molecule has 4 aromatic rings. The van der Waals surface area contributed by atoms with Crippen LogP contribution in [-0.4, -0.2) is 16.8 Å². The van der Waals surface area contributed by atoms with Crippen LogP contribution in [-0.2, 0) is 6.61 Å². The number of imide groups is 1. The van der Waals surface area contributed by atoms with Crippen molar-refractivity contribution in [2.45, 2.75) is 13.5 Å². The number of nitriles is 1. The van der Waals surface area contributed by atoms with Crippen LogP contribution < -0.4 is 9.64 Å². The molecule has 6 heteroatoms. The molecular weight excluding hydrogens is 402 g/mol. The van der Waals surface area contributed by atoms with Gasteiger partial charge in [0.1, 0.15) is 18.1 Å². The molecule has 2 heterocycles. The van der Waals surface area contributed by atoms with Crippen molar-refractivity contribution in [3.8, 4) is 11.8 Å². The molecule has 0 saturated heterocycles. The Bertz CT molecular complexity index is 1400. The lowest BCUT2D eigenvalue weighted by molar-refractivity contribution is 0.0925. The van der Waals surface area contributed by atoms with Crippen molar-refractivity contribution >= 4 is 28.4 Å². The number of carbonyl (C=O) groups excluding carboxylic acids is 2. The number of para-hydroxylation sites is 1. The molecule has 5 rings (SSSR count). The maximum atomic E-state index is 13.2. The molecule has 0 atom stereocenters. The summed E-state index contributed by atoms with van der Waals surface area (Å²) < 4.78 is 5.92. The van der Waals surface area contributed by atoms with Gasteiger partial charge in [-0.05, 0) is 55.0 Å². The van der Waals surface area contributed by atoms with E-state index in [0.29, 0.717) is 33.8 Å². The zero-order valence-electron chi connectivity index (χ0n) is 17.2. The number of hydrogen-bond donors (Lipinski definition) is 0. The van der Waals surface area contributed by atoms with E-state index in [9.17, 15) is 9.59 Å². The second-order valence-corrected chi connectivity index (χ2v) is 7.47. The third kappa shape index (κ3) is 3.08. The number of nitrogens with zero attached hydrogens (tertiary/aromatic N) is 3. The van der Waals surface area contributed by atoms with E-state index in [-0.39, 0.29) is 18.4 Å². The summed E-state index contributed by atoms with van der Waals surface area (Å²) in [6, 6.07) is 23.2. The Kier molecular flexibility index (Phi) is 4.65. The number of fused-ring (bicyclic) bond motifs is 2. The van der Waals surface area contributed by atoms with Crippen LogP contribution in [0.25, 0.3) is 10.9 Å². The molecule has 0 spiro atoms. The fraction of sp³-hybridized carbons (Fsp3) is 0.0769. The number of pyridine rings is 1. The minimum atomic E-state index is -0.370. The first kappa shape index (κ1) is 19.5. The van der Waals surface area contributed by atoms with E-state index in [1.165, 1.54) is 4.90 Å². The SMILES string of the molecule is Cc1c(N2C(=O)c3ccccc3C2=O)c(COc2ccc(C#N)cc2)nc2ccccc12. The van der Waals surface area contributed by atoms with Crippen LogP contribution >= 0.6 is 0 Å². The highest BCUT2D eigenvalue weighted by atomic mass is 16.5. The fourth-order valence-electron chi connectivity index (χ4n) is 4.00. The minimum Gasteiger partial charge on any atom is -0.487 e. The van der Waals surface area contributed by atoms with E-state index in [0.717, 1.165) is 16.5 Å². The molecule has 0 radical (unpaired) electrons. The van der Waals surface area contributed by atoms with Gasteiger partial charge in [-0.1, -0.05) is 30.3 Å². The van der Waals surface area contributed by atoms with Crippen LogP contribution in [0.3, 0.4) is 0 Å². The molecule has 2 amide bonds. The van der Waals surface area contributed by atoms with Gasteiger partial charge >= 0.3 is 0 Å². The van der Waals surface area contributed by atoms with Gasteiger partial charge in [0, 0.05) is 5.39 Å². The van der Waals surface area contributed by atoms with E-state index in [2.05, 4.69) is 6.07 Å². The van der Waals surface area contributed by atoms with Gasteiger partial charge in [-0.3, -0.25) is 9.59 Å². The Labute approximate surface area is 184 Å². The first-order chi connectivity index (χ1) is 15.6. The summed E-state index contributed by atoms with van der Waals surface area (Å²) in [7, 11) is 0. The van der Waals surface area contributed by atoms with Gasteiger partial charge in [0.2, 0.25) is 0 Å². The molecule has 6 nitrogen and oxygen atoms in total. The second kappa shape index (κ2) is 7.64. The Morgan fingerprint density at radius 2 is 1.53 bits per heavy atom. The first-order valence-electron chi connectivity index (χ1n) is 10.1. The van der Waals surface area contributed by atoms with Gasteiger partial charge in [0.05, 0.1) is 34.0 Å². The van der Waals surface area contributed by atoms with Crippen molar-refractivity contribution in [2.75, 3.05) is 4.90 Å². The number of hydrogen-bond acceptors (Lipinski definition) is 5. The Morgan fingerprint density at radius 3 is 2.19 bits per heavy atom.